The lowest BCUT2D eigenvalue weighted by molar-refractivity contribution is -0.118. The second-order valence-electron chi connectivity index (χ2n) is 14.0. The molecule has 0 heterocycles. The molecular formula is C41H76N2O2. The monoisotopic (exact) mass is 629 g/mol. The minimum Gasteiger partial charge on any atom is -0.348 e. The van der Waals surface area contributed by atoms with Crippen molar-refractivity contribution in [2.24, 2.45) is 0 Å². The van der Waals surface area contributed by atoms with Gasteiger partial charge in [-0.1, -0.05) is 193 Å². The van der Waals surface area contributed by atoms with Crippen molar-refractivity contribution in [1.82, 2.24) is 10.6 Å². The number of amides is 2. The highest BCUT2D eigenvalue weighted by Gasteiger charge is 2.38. The third-order valence-corrected chi connectivity index (χ3v) is 9.43. The van der Waals surface area contributed by atoms with Crippen LogP contribution in [0.4, 0.5) is 0 Å². The van der Waals surface area contributed by atoms with Crippen LogP contribution in [0.1, 0.15) is 213 Å². The minimum atomic E-state index is -0.0320. The molecule has 1 aliphatic rings. The van der Waals surface area contributed by atoms with E-state index in [1.165, 1.54) is 167 Å². The van der Waals surface area contributed by atoms with Gasteiger partial charge in [0.15, 0.2) is 0 Å². The van der Waals surface area contributed by atoms with Gasteiger partial charge < -0.3 is 10.6 Å². The molecule has 262 valence electrons. The topological polar surface area (TPSA) is 58.2 Å². The summed E-state index contributed by atoms with van der Waals surface area (Å²) in [6.07, 6.45) is 48.4. The second-order valence-corrected chi connectivity index (χ2v) is 14.0. The van der Waals surface area contributed by atoms with E-state index in [-0.39, 0.29) is 23.9 Å². The van der Waals surface area contributed by atoms with Crippen molar-refractivity contribution in [2.45, 2.75) is 225 Å². The van der Waals surface area contributed by atoms with Crippen LogP contribution in [0.15, 0.2) is 24.3 Å². The lowest BCUT2D eigenvalue weighted by Gasteiger charge is -2.03. The summed E-state index contributed by atoms with van der Waals surface area (Å²) in [5.41, 5.74) is 0. The summed E-state index contributed by atoms with van der Waals surface area (Å²) in [7, 11) is 0. The van der Waals surface area contributed by atoms with E-state index < -0.39 is 0 Å². The zero-order chi connectivity index (χ0) is 32.5. The molecule has 1 rings (SSSR count). The summed E-state index contributed by atoms with van der Waals surface area (Å²) >= 11 is 0. The Morgan fingerprint density at radius 3 is 0.933 bits per heavy atom. The molecule has 4 heteroatoms. The van der Waals surface area contributed by atoms with Gasteiger partial charge in [-0.2, -0.15) is 0 Å². The van der Waals surface area contributed by atoms with E-state index in [2.05, 4.69) is 24.5 Å². The first kappa shape index (κ1) is 41.4. The van der Waals surface area contributed by atoms with E-state index in [9.17, 15) is 9.59 Å². The minimum absolute atomic E-state index is 0.0320. The van der Waals surface area contributed by atoms with Crippen LogP contribution in [0.5, 0.6) is 0 Å². The van der Waals surface area contributed by atoms with Crippen LogP contribution in [0.25, 0.3) is 0 Å². The smallest absolute Gasteiger partial charge is 0.243 e. The van der Waals surface area contributed by atoms with Crippen LogP contribution in [-0.2, 0) is 9.59 Å². The van der Waals surface area contributed by atoms with Gasteiger partial charge in [-0.05, 0) is 44.3 Å². The Morgan fingerprint density at radius 2 is 0.667 bits per heavy atom. The molecule has 2 N–H and O–H groups in total. The number of carbonyl (C=O) groups is 2. The third kappa shape index (κ3) is 29.6. The summed E-state index contributed by atoms with van der Waals surface area (Å²) in [6, 6.07) is 0.151. The van der Waals surface area contributed by atoms with E-state index in [0.717, 1.165) is 32.1 Å². The van der Waals surface area contributed by atoms with Gasteiger partial charge in [-0.15, -0.1) is 0 Å². The van der Waals surface area contributed by atoms with Gasteiger partial charge in [-0.25, -0.2) is 0 Å². The highest BCUT2D eigenvalue weighted by Crippen LogP contribution is 2.21. The molecule has 0 aliphatic heterocycles. The SMILES string of the molecule is CCCCCCCCCCCCCCCCC=CC(=O)NC1CC1NC(=O)C=CCCCCCCCCCCCCCCCC. The Morgan fingerprint density at radius 1 is 0.422 bits per heavy atom. The first-order chi connectivity index (χ1) is 22.2. The van der Waals surface area contributed by atoms with Crippen LogP contribution in [0.3, 0.4) is 0 Å². The average molecular weight is 629 g/mol. The van der Waals surface area contributed by atoms with E-state index >= 15 is 0 Å². The molecule has 0 bridgehead atoms. The van der Waals surface area contributed by atoms with E-state index in [1.807, 2.05) is 12.2 Å². The van der Waals surface area contributed by atoms with Crippen molar-refractivity contribution in [3.8, 4) is 0 Å². The maximum Gasteiger partial charge on any atom is 0.243 e. The molecule has 0 aromatic carbocycles. The number of hydrogen-bond donors (Lipinski definition) is 2. The molecule has 1 aliphatic carbocycles. The fourth-order valence-corrected chi connectivity index (χ4v) is 6.27. The van der Waals surface area contributed by atoms with Crippen molar-refractivity contribution in [1.29, 1.82) is 0 Å². The van der Waals surface area contributed by atoms with Gasteiger partial charge in [0.05, 0.1) is 12.1 Å². The number of carbonyl (C=O) groups excluding carboxylic acids is 2. The average Bonchev–Trinajstić information content (AvgIpc) is 3.76. The zero-order valence-corrected chi connectivity index (χ0v) is 30.2. The highest BCUT2D eigenvalue weighted by molar-refractivity contribution is 5.89. The van der Waals surface area contributed by atoms with Gasteiger partial charge in [0, 0.05) is 0 Å². The van der Waals surface area contributed by atoms with Crippen molar-refractivity contribution in [3.63, 3.8) is 0 Å². The summed E-state index contributed by atoms with van der Waals surface area (Å²) in [6.45, 7) is 4.56. The van der Waals surface area contributed by atoms with Gasteiger partial charge >= 0.3 is 0 Å². The maximum atomic E-state index is 12.2. The zero-order valence-electron chi connectivity index (χ0n) is 30.2. The summed E-state index contributed by atoms with van der Waals surface area (Å²) in [5, 5.41) is 6.04. The summed E-state index contributed by atoms with van der Waals surface area (Å²) in [5.74, 6) is -0.0640. The van der Waals surface area contributed by atoms with Crippen LogP contribution in [0, 0.1) is 0 Å². The maximum absolute atomic E-state index is 12.2. The fraction of sp³-hybridized carbons (Fsp3) is 0.854. The van der Waals surface area contributed by atoms with Crippen molar-refractivity contribution in [3.05, 3.63) is 24.3 Å². The number of allylic oxidation sites excluding steroid dienone is 2. The molecule has 0 spiro atoms. The lowest BCUT2D eigenvalue weighted by atomic mass is 10.0. The highest BCUT2D eigenvalue weighted by atomic mass is 16.2. The van der Waals surface area contributed by atoms with Crippen LogP contribution in [-0.4, -0.2) is 23.9 Å². The molecule has 2 atom stereocenters. The number of nitrogens with one attached hydrogen (secondary N) is 2. The number of rotatable bonds is 34. The van der Waals surface area contributed by atoms with Crippen molar-refractivity contribution >= 4 is 11.8 Å². The van der Waals surface area contributed by atoms with Crippen LogP contribution < -0.4 is 10.6 Å². The Bertz CT molecular complexity index is 671. The first-order valence-electron chi connectivity index (χ1n) is 20.1. The molecule has 45 heavy (non-hydrogen) atoms. The molecular weight excluding hydrogens is 552 g/mol. The predicted molar refractivity (Wildman–Crippen MR) is 197 cm³/mol. The third-order valence-electron chi connectivity index (χ3n) is 9.43. The largest absolute Gasteiger partial charge is 0.348 e. The van der Waals surface area contributed by atoms with E-state index in [1.54, 1.807) is 12.2 Å². The molecule has 0 radical (unpaired) electrons. The summed E-state index contributed by atoms with van der Waals surface area (Å²) < 4.78 is 0. The Hall–Kier alpha value is -1.58. The standard InChI is InChI=1S/C41H76N2O2/c1-3-5-7-9-11-13-15-17-19-21-23-25-27-29-31-33-35-40(44)42-38-37-39(38)43-41(45)36-34-32-30-28-26-24-22-20-18-16-14-12-10-8-6-4-2/h33-36,38-39H,3-32,37H2,1-2H3,(H,42,44)(H,43,45). The van der Waals surface area contributed by atoms with E-state index in [0.29, 0.717) is 0 Å². The summed E-state index contributed by atoms with van der Waals surface area (Å²) in [4.78, 5) is 24.4. The molecule has 2 unspecified atom stereocenters. The molecule has 4 nitrogen and oxygen atoms in total. The van der Waals surface area contributed by atoms with Crippen molar-refractivity contribution in [2.75, 3.05) is 0 Å². The molecule has 1 fully saturated rings. The molecule has 2 amide bonds. The number of unbranched alkanes of at least 4 members (excludes halogenated alkanes) is 28. The van der Waals surface area contributed by atoms with E-state index in [4.69, 9.17) is 0 Å². The molecule has 0 aromatic rings. The predicted octanol–water partition coefficient (Wildman–Crippen LogP) is 12.2. The molecule has 0 aromatic heterocycles. The van der Waals surface area contributed by atoms with Crippen LogP contribution >= 0.6 is 0 Å². The first-order valence-corrected chi connectivity index (χ1v) is 20.1. The quantitative estimate of drug-likeness (QED) is 0.0550. The number of hydrogen-bond acceptors (Lipinski definition) is 2. The van der Waals surface area contributed by atoms with Gasteiger partial charge in [0.25, 0.3) is 0 Å². The van der Waals surface area contributed by atoms with Crippen molar-refractivity contribution < 1.29 is 9.59 Å². The Kier molecular flexibility index (Phi) is 29.8. The second kappa shape index (κ2) is 32.4. The van der Waals surface area contributed by atoms with Gasteiger partial charge in [0.2, 0.25) is 11.8 Å². The molecule has 0 saturated heterocycles. The Balaban J connectivity index is 1.84. The Labute approximate surface area is 280 Å². The normalized spacial score (nSPS) is 16.1. The lowest BCUT2D eigenvalue weighted by Crippen LogP contribution is -2.33. The van der Waals surface area contributed by atoms with Gasteiger partial charge in [0.1, 0.15) is 0 Å². The molecule has 1 saturated carbocycles. The van der Waals surface area contributed by atoms with Crippen LogP contribution in [0.2, 0.25) is 0 Å². The fourth-order valence-electron chi connectivity index (χ4n) is 6.27. The van der Waals surface area contributed by atoms with Gasteiger partial charge in [-0.3, -0.25) is 9.59 Å².